The zero-order valence-electron chi connectivity index (χ0n) is 7.46. The molecule has 0 aliphatic rings. The van der Waals surface area contributed by atoms with E-state index in [1.54, 1.807) is 0 Å². The molecule has 0 aliphatic heterocycles. The molecule has 0 rings (SSSR count). The molecule has 1 amide bonds. The van der Waals surface area contributed by atoms with Gasteiger partial charge in [-0.05, 0) is 12.3 Å². The quantitative estimate of drug-likeness (QED) is 0.681. The summed E-state index contributed by atoms with van der Waals surface area (Å²) in [4.78, 5) is 10.4. The Balaban J connectivity index is 3.79. The van der Waals surface area contributed by atoms with Gasteiger partial charge in [-0.1, -0.05) is 27.2 Å². The summed E-state index contributed by atoms with van der Waals surface area (Å²) in [5, 5.41) is 0. The lowest BCUT2D eigenvalue weighted by Crippen LogP contribution is -2.26. The summed E-state index contributed by atoms with van der Waals surface area (Å²) in [5.41, 5.74) is 4.90. The van der Waals surface area contributed by atoms with Crippen molar-refractivity contribution >= 4 is 6.09 Å². The first kappa shape index (κ1) is 10.3. The van der Waals surface area contributed by atoms with Gasteiger partial charge in [-0.2, -0.15) is 0 Å². The van der Waals surface area contributed by atoms with E-state index in [0.29, 0.717) is 5.92 Å². The molecule has 0 heterocycles. The molecule has 0 aromatic heterocycles. The summed E-state index contributed by atoms with van der Waals surface area (Å²) in [6, 6.07) is 0. The second-order valence-electron chi connectivity index (χ2n) is 3.01. The molecule has 0 bridgehead atoms. The maximum Gasteiger partial charge on any atom is 0.404 e. The Hall–Kier alpha value is -0.730. The van der Waals surface area contributed by atoms with Crippen molar-refractivity contribution in [3.05, 3.63) is 0 Å². The SMILES string of the molecule is CCCC(OC(N)=O)C(C)C. The fourth-order valence-corrected chi connectivity index (χ4v) is 0.962. The number of hydrogen-bond donors (Lipinski definition) is 1. The Labute approximate surface area is 67.9 Å². The second-order valence-corrected chi connectivity index (χ2v) is 3.01. The predicted molar refractivity (Wildman–Crippen MR) is 44.2 cm³/mol. The van der Waals surface area contributed by atoms with Gasteiger partial charge in [0.05, 0.1) is 0 Å². The van der Waals surface area contributed by atoms with Gasteiger partial charge < -0.3 is 10.5 Å². The first-order valence-corrected chi connectivity index (χ1v) is 4.04. The van der Waals surface area contributed by atoms with Crippen LogP contribution in [0, 0.1) is 5.92 Å². The van der Waals surface area contributed by atoms with Crippen molar-refractivity contribution < 1.29 is 9.53 Å². The van der Waals surface area contributed by atoms with E-state index >= 15 is 0 Å². The van der Waals surface area contributed by atoms with Gasteiger partial charge in [-0.15, -0.1) is 0 Å². The minimum Gasteiger partial charge on any atom is -0.446 e. The number of nitrogens with two attached hydrogens (primary N) is 1. The van der Waals surface area contributed by atoms with Crippen molar-refractivity contribution in [2.75, 3.05) is 0 Å². The molecule has 1 atom stereocenters. The molecule has 3 nitrogen and oxygen atoms in total. The van der Waals surface area contributed by atoms with Crippen molar-refractivity contribution in [2.24, 2.45) is 11.7 Å². The topological polar surface area (TPSA) is 52.3 Å². The van der Waals surface area contributed by atoms with Gasteiger partial charge in [0.25, 0.3) is 0 Å². The fraction of sp³-hybridized carbons (Fsp3) is 0.875. The molecule has 11 heavy (non-hydrogen) atoms. The van der Waals surface area contributed by atoms with Gasteiger partial charge >= 0.3 is 6.09 Å². The predicted octanol–water partition coefficient (Wildman–Crippen LogP) is 1.91. The normalized spacial score (nSPS) is 13.1. The molecular formula is C8H17NO2. The van der Waals surface area contributed by atoms with E-state index in [1.165, 1.54) is 0 Å². The van der Waals surface area contributed by atoms with Gasteiger partial charge in [0.2, 0.25) is 0 Å². The van der Waals surface area contributed by atoms with E-state index in [9.17, 15) is 4.79 Å². The molecule has 0 aromatic rings. The minimum atomic E-state index is -0.669. The zero-order chi connectivity index (χ0) is 8.85. The lowest BCUT2D eigenvalue weighted by molar-refractivity contribution is 0.0725. The summed E-state index contributed by atoms with van der Waals surface area (Å²) in [5.74, 6) is 0.349. The minimum absolute atomic E-state index is 0.0162. The average Bonchev–Trinajstić information content (AvgIpc) is 1.86. The molecule has 0 aromatic carbocycles. The molecule has 0 saturated heterocycles. The molecule has 0 spiro atoms. The van der Waals surface area contributed by atoms with E-state index in [4.69, 9.17) is 10.5 Å². The zero-order valence-corrected chi connectivity index (χ0v) is 7.46. The van der Waals surface area contributed by atoms with Crippen LogP contribution in [0.5, 0.6) is 0 Å². The highest BCUT2D eigenvalue weighted by molar-refractivity contribution is 5.64. The average molecular weight is 159 g/mol. The van der Waals surface area contributed by atoms with Gasteiger partial charge in [0, 0.05) is 0 Å². The van der Waals surface area contributed by atoms with Gasteiger partial charge in [0.1, 0.15) is 6.10 Å². The summed E-state index contributed by atoms with van der Waals surface area (Å²) in [6.45, 7) is 6.09. The molecule has 0 fully saturated rings. The molecule has 0 aliphatic carbocycles. The number of primary amides is 1. The highest BCUT2D eigenvalue weighted by Gasteiger charge is 2.14. The molecule has 1 unspecified atom stereocenters. The van der Waals surface area contributed by atoms with Crippen LogP contribution in [-0.2, 0) is 4.74 Å². The van der Waals surface area contributed by atoms with E-state index in [0.717, 1.165) is 12.8 Å². The maximum absolute atomic E-state index is 10.4. The van der Waals surface area contributed by atoms with E-state index in [2.05, 4.69) is 6.92 Å². The van der Waals surface area contributed by atoms with Gasteiger partial charge in [-0.3, -0.25) is 0 Å². The van der Waals surface area contributed by atoms with Crippen LogP contribution in [0.15, 0.2) is 0 Å². The summed E-state index contributed by atoms with van der Waals surface area (Å²) >= 11 is 0. The largest absolute Gasteiger partial charge is 0.446 e. The van der Waals surface area contributed by atoms with Crippen LogP contribution in [-0.4, -0.2) is 12.2 Å². The van der Waals surface area contributed by atoms with Crippen LogP contribution < -0.4 is 5.73 Å². The fourth-order valence-electron chi connectivity index (χ4n) is 0.962. The Bertz CT molecular complexity index is 123. The Morgan fingerprint density at radius 1 is 1.55 bits per heavy atom. The van der Waals surface area contributed by atoms with E-state index in [-0.39, 0.29) is 6.10 Å². The van der Waals surface area contributed by atoms with Crippen LogP contribution in [0.3, 0.4) is 0 Å². The van der Waals surface area contributed by atoms with Crippen LogP contribution in [0.4, 0.5) is 4.79 Å². The van der Waals surface area contributed by atoms with Gasteiger partial charge in [0.15, 0.2) is 0 Å². The number of hydrogen-bond acceptors (Lipinski definition) is 2. The first-order chi connectivity index (χ1) is 5.07. The lowest BCUT2D eigenvalue weighted by atomic mass is 10.0. The monoisotopic (exact) mass is 159 g/mol. The third-order valence-electron chi connectivity index (χ3n) is 1.58. The van der Waals surface area contributed by atoms with Gasteiger partial charge in [-0.25, -0.2) is 4.79 Å². The van der Waals surface area contributed by atoms with Crippen LogP contribution in [0.1, 0.15) is 33.6 Å². The standard InChI is InChI=1S/C8H17NO2/c1-4-5-7(6(2)3)11-8(9)10/h6-7H,4-5H2,1-3H3,(H2,9,10). The van der Waals surface area contributed by atoms with Crippen molar-refractivity contribution in [1.29, 1.82) is 0 Å². The molecule has 2 N–H and O–H groups in total. The first-order valence-electron chi connectivity index (χ1n) is 4.04. The summed E-state index contributed by atoms with van der Waals surface area (Å²) in [7, 11) is 0. The van der Waals surface area contributed by atoms with Crippen molar-refractivity contribution in [2.45, 2.75) is 39.7 Å². The van der Waals surface area contributed by atoms with Crippen LogP contribution in [0.25, 0.3) is 0 Å². The highest BCUT2D eigenvalue weighted by Crippen LogP contribution is 2.12. The maximum atomic E-state index is 10.4. The summed E-state index contributed by atoms with van der Waals surface area (Å²) in [6.07, 6.45) is 1.21. The molecule has 3 heteroatoms. The number of ether oxygens (including phenoxy) is 1. The van der Waals surface area contributed by atoms with Crippen molar-refractivity contribution in [3.63, 3.8) is 0 Å². The number of amides is 1. The molecule has 0 saturated carbocycles. The third kappa shape index (κ3) is 4.65. The molecular weight excluding hydrogens is 142 g/mol. The highest BCUT2D eigenvalue weighted by atomic mass is 16.6. The Morgan fingerprint density at radius 2 is 2.09 bits per heavy atom. The van der Waals surface area contributed by atoms with Crippen LogP contribution in [0.2, 0.25) is 0 Å². The third-order valence-corrected chi connectivity index (χ3v) is 1.58. The Kier molecular flexibility index (Phi) is 4.66. The number of rotatable bonds is 4. The van der Waals surface area contributed by atoms with Crippen molar-refractivity contribution in [3.8, 4) is 0 Å². The Morgan fingerprint density at radius 3 is 2.36 bits per heavy atom. The number of carbonyl (C=O) groups excluding carboxylic acids is 1. The molecule has 66 valence electrons. The van der Waals surface area contributed by atoms with Crippen LogP contribution >= 0.6 is 0 Å². The van der Waals surface area contributed by atoms with E-state index in [1.807, 2.05) is 13.8 Å². The number of carbonyl (C=O) groups is 1. The summed E-state index contributed by atoms with van der Waals surface area (Å²) < 4.78 is 4.89. The van der Waals surface area contributed by atoms with E-state index < -0.39 is 6.09 Å². The smallest absolute Gasteiger partial charge is 0.404 e. The lowest BCUT2D eigenvalue weighted by Gasteiger charge is -2.18. The second kappa shape index (κ2) is 4.99. The molecule has 0 radical (unpaired) electrons. The van der Waals surface area contributed by atoms with Crippen molar-refractivity contribution in [1.82, 2.24) is 0 Å².